The van der Waals surface area contributed by atoms with Crippen LogP contribution in [0.15, 0.2) is 35.7 Å². The van der Waals surface area contributed by atoms with E-state index in [-0.39, 0.29) is 17.3 Å². The number of anilines is 1. The van der Waals surface area contributed by atoms with Crippen molar-refractivity contribution in [3.63, 3.8) is 0 Å². The van der Waals surface area contributed by atoms with E-state index in [0.29, 0.717) is 37.5 Å². The molecule has 0 spiro atoms. The van der Waals surface area contributed by atoms with Gasteiger partial charge in [-0.3, -0.25) is 14.9 Å². The van der Waals surface area contributed by atoms with Crippen molar-refractivity contribution in [2.45, 2.75) is 6.42 Å². The van der Waals surface area contributed by atoms with Gasteiger partial charge in [-0.1, -0.05) is 6.07 Å². The van der Waals surface area contributed by atoms with Gasteiger partial charge in [0.1, 0.15) is 11.5 Å². The Morgan fingerprint density at radius 3 is 2.75 bits per heavy atom. The second kappa shape index (κ2) is 6.96. The van der Waals surface area contributed by atoms with Crippen molar-refractivity contribution in [3.8, 4) is 0 Å². The highest BCUT2D eigenvalue weighted by Gasteiger charge is 2.25. The molecule has 6 nitrogen and oxygen atoms in total. The molecule has 1 fully saturated rings. The van der Waals surface area contributed by atoms with Crippen LogP contribution in [0, 0.1) is 15.9 Å². The molecule has 1 aromatic carbocycles. The second-order valence-corrected chi connectivity index (χ2v) is 6.45. The molecular weight excluding hydrogens is 333 g/mol. The van der Waals surface area contributed by atoms with Crippen LogP contribution < -0.4 is 4.90 Å². The summed E-state index contributed by atoms with van der Waals surface area (Å²) in [5.74, 6) is -0.535. The maximum atomic E-state index is 13.5. The summed E-state index contributed by atoms with van der Waals surface area (Å²) in [7, 11) is 0. The molecule has 1 aromatic heterocycles. The molecule has 2 aromatic rings. The van der Waals surface area contributed by atoms with Gasteiger partial charge in [-0.25, -0.2) is 4.39 Å². The first-order valence-corrected chi connectivity index (χ1v) is 8.46. The first-order chi connectivity index (χ1) is 11.6. The summed E-state index contributed by atoms with van der Waals surface area (Å²) in [6.07, 6.45) is 0.671. The van der Waals surface area contributed by atoms with Crippen molar-refractivity contribution in [2.75, 3.05) is 31.1 Å². The molecule has 0 N–H and O–H groups in total. The third-order valence-corrected chi connectivity index (χ3v) is 4.85. The maximum Gasteiger partial charge on any atom is 0.292 e. The van der Waals surface area contributed by atoms with Crippen molar-refractivity contribution in [3.05, 3.63) is 56.5 Å². The monoisotopic (exact) mass is 349 g/mol. The largest absolute Gasteiger partial charge is 0.364 e. The van der Waals surface area contributed by atoms with Crippen LogP contribution in [0.25, 0.3) is 0 Å². The zero-order valence-corrected chi connectivity index (χ0v) is 13.7. The van der Waals surface area contributed by atoms with Crippen molar-refractivity contribution in [1.82, 2.24) is 4.90 Å². The first kappa shape index (κ1) is 16.4. The molecule has 2 heterocycles. The molecule has 126 valence electrons. The van der Waals surface area contributed by atoms with Gasteiger partial charge in [0.15, 0.2) is 0 Å². The summed E-state index contributed by atoms with van der Waals surface area (Å²) in [4.78, 5) is 27.3. The van der Waals surface area contributed by atoms with Gasteiger partial charge in [0.2, 0.25) is 0 Å². The average Bonchev–Trinajstić information content (AvgIpc) is 2.98. The standard InChI is InChI=1S/C16H16FN3O3S/c17-12-4-5-13(20(22)23)14(11-12)18-6-2-7-19(9-8-18)16(21)15-3-1-10-24-15/h1,3-5,10-11H,2,6-9H2. The van der Waals surface area contributed by atoms with E-state index in [1.54, 1.807) is 15.9 Å². The van der Waals surface area contributed by atoms with Gasteiger partial charge in [-0.2, -0.15) is 0 Å². The molecule has 1 saturated heterocycles. The zero-order valence-electron chi connectivity index (χ0n) is 12.9. The van der Waals surface area contributed by atoms with E-state index >= 15 is 0 Å². The molecule has 24 heavy (non-hydrogen) atoms. The SMILES string of the molecule is O=C(c1cccs1)N1CCCN(c2cc(F)ccc2[N+](=O)[O-])CC1. The Labute approximate surface area is 142 Å². The van der Waals surface area contributed by atoms with Gasteiger partial charge >= 0.3 is 0 Å². The normalized spacial score (nSPS) is 15.2. The van der Waals surface area contributed by atoms with Crippen molar-refractivity contribution >= 4 is 28.6 Å². The number of hydrogen-bond acceptors (Lipinski definition) is 5. The number of amides is 1. The third kappa shape index (κ3) is 3.38. The number of benzene rings is 1. The van der Waals surface area contributed by atoms with E-state index in [9.17, 15) is 19.3 Å². The molecule has 3 rings (SSSR count). The Morgan fingerprint density at radius 1 is 1.21 bits per heavy atom. The lowest BCUT2D eigenvalue weighted by molar-refractivity contribution is -0.384. The van der Waals surface area contributed by atoms with Gasteiger partial charge < -0.3 is 9.80 Å². The Morgan fingerprint density at radius 2 is 2.04 bits per heavy atom. The van der Waals surface area contributed by atoms with Crippen molar-refractivity contribution in [1.29, 1.82) is 0 Å². The number of rotatable bonds is 3. The number of hydrogen-bond donors (Lipinski definition) is 0. The molecule has 0 aliphatic carbocycles. The number of thiophene rings is 1. The third-order valence-electron chi connectivity index (χ3n) is 3.99. The van der Waals surface area contributed by atoms with Crippen LogP contribution >= 0.6 is 11.3 Å². The summed E-state index contributed by atoms with van der Waals surface area (Å²) in [5, 5.41) is 13.0. The van der Waals surface area contributed by atoms with Gasteiger partial charge in [0.25, 0.3) is 11.6 Å². The lowest BCUT2D eigenvalue weighted by Crippen LogP contribution is -2.35. The topological polar surface area (TPSA) is 66.7 Å². The first-order valence-electron chi connectivity index (χ1n) is 7.58. The number of halogens is 1. The number of carbonyl (C=O) groups excluding carboxylic acids is 1. The average molecular weight is 349 g/mol. The van der Waals surface area contributed by atoms with Crippen LogP contribution in [-0.2, 0) is 0 Å². The fraction of sp³-hybridized carbons (Fsp3) is 0.312. The summed E-state index contributed by atoms with van der Waals surface area (Å²) < 4.78 is 13.5. The van der Waals surface area contributed by atoms with E-state index < -0.39 is 10.7 Å². The van der Waals surface area contributed by atoms with E-state index in [0.717, 1.165) is 6.07 Å². The Hall–Kier alpha value is -2.48. The minimum Gasteiger partial charge on any atom is -0.364 e. The predicted octanol–water partition coefficient (Wildman–Crippen LogP) is 3.15. The van der Waals surface area contributed by atoms with Crippen LogP contribution in [-0.4, -0.2) is 41.9 Å². The van der Waals surface area contributed by atoms with Gasteiger partial charge in [-0.05, 0) is 23.9 Å². The van der Waals surface area contributed by atoms with Crippen LogP contribution in [0.4, 0.5) is 15.8 Å². The van der Waals surface area contributed by atoms with E-state index in [4.69, 9.17) is 0 Å². The van der Waals surface area contributed by atoms with Gasteiger partial charge in [0, 0.05) is 38.3 Å². The second-order valence-electron chi connectivity index (χ2n) is 5.50. The predicted molar refractivity (Wildman–Crippen MR) is 90.1 cm³/mol. The molecule has 8 heteroatoms. The molecule has 0 unspecified atom stereocenters. The lowest BCUT2D eigenvalue weighted by atomic mass is 10.2. The zero-order chi connectivity index (χ0) is 17.1. The fourth-order valence-electron chi connectivity index (χ4n) is 2.82. The van der Waals surface area contributed by atoms with Gasteiger partial charge in [0.05, 0.1) is 9.80 Å². The fourth-order valence-corrected chi connectivity index (χ4v) is 3.51. The van der Waals surface area contributed by atoms with Crippen molar-refractivity contribution < 1.29 is 14.1 Å². The van der Waals surface area contributed by atoms with Gasteiger partial charge in [-0.15, -0.1) is 11.3 Å². The summed E-state index contributed by atoms with van der Waals surface area (Å²) in [6, 6.07) is 7.08. The minimum absolute atomic E-state index is 0.0272. The van der Waals surface area contributed by atoms with E-state index in [1.807, 2.05) is 11.4 Å². The molecule has 1 amide bonds. The molecular formula is C16H16FN3O3S. The highest BCUT2D eigenvalue weighted by atomic mass is 32.1. The smallest absolute Gasteiger partial charge is 0.292 e. The Kier molecular flexibility index (Phi) is 4.75. The molecule has 0 atom stereocenters. The summed E-state index contributed by atoms with van der Waals surface area (Å²) in [6.45, 7) is 2.00. The summed E-state index contributed by atoms with van der Waals surface area (Å²) >= 11 is 1.39. The van der Waals surface area contributed by atoms with Crippen LogP contribution in [0.1, 0.15) is 16.1 Å². The van der Waals surface area contributed by atoms with Crippen molar-refractivity contribution in [2.24, 2.45) is 0 Å². The highest BCUT2D eigenvalue weighted by Crippen LogP contribution is 2.29. The minimum atomic E-state index is -0.508. The van der Waals surface area contributed by atoms with E-state index in [2.05, 4.69) is 0 Å². The Balaban J connectivity index is 1.78. The summed E-state index contributed by atoms with van der Waals surface area (Å²) in [5.41, 5.74) is 0.153. The molecule has 0 bridgehead atoms. The van der Waals surface area contributed by atoms with Crippen LogP contribution in [0.3, 0.4) is 0 Å². The number of nitro benzene ring substituents is 1. The molecule has 1 aliphatic heterocycles. The lowest BCUT2D eigenvalue weighted by Gasteiger charge is -2.23. The van der Waals surface area contributed by atoms with Crippen LogP contribution in [0.5, 0.6) is 0 Å². The van der Waals surface area contributed by atoms with Crippen LogP contribution in [0.2, 0.25) is 0 Å². The quantitative estimate of drug-likeness (QED) is 0.631. The molecule has 1 aliphatic rings. The molecule has 0 radical (unpaired) electrons. The van der Waals surface area contributed by atoms with E-state index in [1.165, 1.54) is 23.5 Å². The number of nitrogens with zero attached hydrogens (tertiary/aromatic N) is 3. The number of nitro groups is 1. The molecule has 0 saturated carbocycles. The highest BCUT2D eigenvalue weighted by molar-refractivity contribution is 7.12. The number of carbonyl (C=O) groups is 1. The maximum absolute atomic E-state index is 13.5. The Bertz CT molecular complexity index is 751.